The molecule has 130 valence electrons. The maximum absolute atomic E-state index is 12.5. The van der Waals surface area contributed by atoms with E-state index >= 15 is 0 Å². The summed E-state index contributed by atoms with van der Waals surface area (Å²) in [5.74, 6) is 0.467. The normalized spacial score (nSPS) is 25.3. The molecule has 0 aliphatic carbocycles. The second-order valence-electron chi connectivity index (χ2n) is 5.54. The summed E-state index contributed by atoms with van der Waals surface area (Å²) in [7, 11) is -2.23. The molecule has 8 heteroatoms. The summed E-state index contributed by atoms with van der Waals surface area (Å²) in [5.41, 5.74) is 5.52. The fourth-order valence-electron chi connectivity index (χ4n) is 2.70. The molecule has 0 bridgehead atoms. The van der Waals surface area contributed by atoms with Crippen LogP contribution in [0.3, 0.4) is 0 Å². The van der Waals surface area contributed by atoms with Gasteiger partial charge in [0.1, 0.15) is 5.75 Å². The maximum atomic E-state index is 12.5. The van der Waals surface area contributed by atoms with Crippen molar-refractivity contribution >= 4 is 10.0 Å². The first-order valence-corrected chi connectivity index (χ1v) is 9.11. The smallest absolute Gasteiger partial charge is 0.241 e. The highest BCUT2D eigenvalue weighted by atomic mass is 32.2. The predicted octanol–water partition coefficient (Wildman–Crippen LogP) is 0.231. The van der Waals surface area contributed by atoms with Crippen LogP contribution in [0.4, 0.5) is 0 Å². The molecule has 0 aromatic heterocycles. The average molecular weight is 344 g/mol. The number of benzene rings is 1. The van der Waals surface area contributed by atoms with E-state index in [1.807, 2.05) is 0 Å². The van der Waals surface area contributed by atoms with Gasteiger partial charge in [-0.3, -0.25) is 0 Å². The fourth-order valence-corrected chi connectivity index (χ4v) is 4.03. The summed E-state index contributed by atoms with van der Waals surface area (Å²) < 4.78 is 38.4. The highest BCUT2D eigenvalue weighted by Gasteiger charge is 2.33. The van der Waals surface area contributed by atoms with Gasteiger partial charge in [-0.15, -0.1) is 0 Å². The highest BCUT2D eigenvalue weighted by molar-refractivity contribution is 7.89. The Kier molecular flexibility index (Phi) is 6.37. The SMILES string of the molecule is COc1cccc(S(=O)(=O)N[C@@H]2CC[C@@H](CCN)O[C@@H]2CO)c1. The summed E-state index contributed by atoms with van der Waals surface area (Å²) in [6, 6.07) is 5.78. The first kappa shape index (κ1) is 18.2. The van der Waals surface area contributed by atoms with Crippen LogP contribution in [0, 0.1) is 0 Å². The predicted molar refractivity (Wildman–Crippen MR) is 85.8 cm³/mol. The van der Waals surface area contributed by atoms with Gasteiger partial charge in [-0.2, -0.15) is 0 Å². The monoisotopic (exact) mass is 344 g/mol. The summed E-state index contributed by atoms with van der Waals surface area (Å²) in [6.45, 7) is 0.259. The third-order valence-corrected chi connectivity index (χ3v) is 5.43. The Morgan fingerprint density at radius 1 is 1.43 bits per heavy atom. The van der Waals surface area contributed by atoms with E-state index in [-0.39, 0.29) is 17.6 Å². The first-order chi connectivity index (χ1) is 11.0. The molecule has 1 aliphatic heterocycles. The topological polar surface area (TPSA) is 111 Å². The van der Waals surface area contributed by atoms with Crippen molar-refractivity contribution in [2.45, 2.75) is 42.4 Å². The zero-order valence-electron chi connectivity index (χ0n) is 13.1. The fraction of sp³-hybridized carbons (Fsp3) is 0.600. The first-order valence-electron chi connectivity index (χ1n) is 7.63. The van der Waals surface area contributed by atoms with Crippen LogP contribution in [-0.2, 0) is 14.8 Å². The van der Waals surface area contributed by atoms with Crippen LogP contribution < -0.4 is 15.2 Å². The molecule has 1 aromatic carbocycles. The van der Waals surface area contributed by atoms with E-state index in [0.29, 0.717) is 31.6 Å². The molecule has 4 N–H and O–H groups in total. The van der Waals surface area contributed by atoms with Gasteiger partial charge in [0.25, 0.3) is 0 Å². The highest BCUT2D eigenvalue weighted by Crippen LogP contribution is 2.24. The zero-order valence-corrected chi connectivity index (χ0v) is 14.0. The van der Waals surface area contributed by atoms with Gasteiger partial charge < -0.3 is 20.3 Å². The summed E-state index contributed by atoms with van der Waals surface area (Å²) in [4.78, 5) is 0.123. The lowest BCUT2D eigenvalue weighted by Gasteiger charge is -2.35. The third kappa shape index (κ3) is 4.65. The molecule has 0 amide bonds. The number of methoxy groups -OCH3 is 1. The van der Waals surface area contributed by atoms with Gasteiger partial charge in [0, 0.05) is 6.07 Å². The second-order valence-corrected chi connectivity index (χ2v) is 7.25. The molecule has 0 unspecified atom stereocenters. The van der Waals surface area contributed by atoms with Gasteiger partial charge in [-0.1, -0.05) is 6.07 Å². The van der Waals surface area contributed by atoms with E-state index in [1.54, 1.807) is 12.1 Å². The lowest BCUT2D eigenvalue weighted by Crippen LogP contribution is -2.51. The average Bonchev–Trinajstić information content (AvgIpc) is 2.56. The minimum atomic E-state index is -3.71. The molecular weight excluding hydrogens is 320 g/mol. The van der Waals surface area contributed by atoms with Crippen LogP contribution in [0.2, 0.25) is 0 Å². The van der Waals surface area contributed by atoms with Gasteiger partial charge in [-0.25, -0.2) is 13.1 Å². The minimum absolute atomic E-state index is 0.0327. The van der Waals surface area contributed by atoms with E-state index in [4.69, 9.17) is 15.2 Å². The minimum Gasteiger partial charge on any atom is -0.497 e. The van der Waals surface area contributed by atoms with Crippen molar-refractivity contribution in [2.24, 2.45) is 5.73 Å². The number of rotatable bonds is 7. The molecule has 1 aliphatic rings. The van der Waals surface area contributed by atoms with E-state index in [0.717, 1.165) is 0 Å². The third-order valence-electron chi connectivity index (χ3n) is 3.94. The molecule has 23 heavy (non-hydrogen) atoms. The lowest BCUT2D eigenvalue weighted by atomic mass is 9.98. The van der Waals surface area contributed by atoms with Gasteiger partial charge in [0.05, 0.1) is 36.9 Å². The molecule has 1 heterocycles. The van der Waals surface area contributed by atoms with Crippen LogP contribution in [-0.4, -0.2) is 52.0 Å². The van der Waals surface area contributed by atoms with E-state index in [1.165, 1.54) is 19.2 Å². The number of nitrogens with two attached hydrogens (primary N) is 1. The molecule has 7 nitrogen and oxygen atoms in total. The molecule has 0 radical (unpaired) electrons. The summed E-state index contributed by atoms with van der Waals surface area (Å²) in [5, 5.41) is 9.49. The number of hydrogen-bond acceptors (Lipinski definition) is 6. The van der Waals surface area contributed by atoms with Crippen molar-refractivity contribution in [2.75, 3.05) is 20.3 Å². The Hall–Kier alpha value is -1.19. The molecule has 2 rings (SSSR count). The Bertz CT molecular complexity index is 608. The van der Waals surface area contributed by atoms with Crippen LogP contribution in [0.5, 0.6) is 5.75 Å². The number of sulfonamides is 1. The number of hydrogen-bond donors (Lipinski definition) is 3. The zero-order chi connectivity index (χ0) is 16.9. The summed E-state index contributed by atoms with van der Waals surface area (Å²) in [6.07, 6.45) is 1.40. The van der Waals surface area contributed by atoms with Gasteiger partial charge in [0.15, 0.2) is 0 Å². The molecule has 1 saturated heterocycles. The van der Waals surface area contributed by atoms with Gasteiger partial charge >= 0.3 is 0 Å². The number of aliphatic hydroxyl groups is 1. The van der Waals surface area contributed by atoms with Gasteiger partial charge in [-0.05, 0) is 37.9 Å². The lowest BCUT2D eigenvalue weighted by molar-refractivity contribution is -0.0867. The summed E-state index contributed by atoms with van der Waals surface area (Å²) >= 11 is 0. The van der Waals surface area contributed by atoms with Crippen LogP contribution in [0.25, 0.3) is 0 Å². The van der Waals surface area contributed by atoms with Crippen LogP contribution >= 0.6 is 0 Å². The van der Waals surface area contributed by atoms with Crippen LogP contribution in [0.1, 0.15) is 19.3 Å². The van der Waals surface area contributed by atoms with Crippen molar-refractivity contribution in [3.05, 3.63) is 24.3 Å². The Labute approximate surface area is 136 Å². The van der Waals surface area contributed by atoms with E-state index < -0.39 is 22.2 Å². The largest absolute Gasteiger partial charge is 0.497 e. The molecule has 1 aromatic rings. The quantitative estimate of drug-likeness (QED) is 0.653. The Morgan fingerprint density at radius 2 is 2.22 bits per heavy atom. The van der Waals surface area contributed by atoms with Crippen molar-refractivity contribution in [1.82, 2.24) is 4.72 Å². The Morgan fingerprint density at radius 3 is 2.87 bits per heavy atom. The number of nitrogens with one attached hydrogen (secondary N) is 1. The van der Waals surface area contributed by atoms with Crippen molar-refractivity contribution in [3.63, 3.8) is 0 Å². The number of aliphatic hydroxyl groups excluding tert-OH is 1. The van der Waals surface area contributed by atoms with Crippen molar-refractivity contribution in [1.29, 1.82) is 0 Å². The Balaban J connectivity index is 2.10. The van der Waals surface area contributed by atoms with E-state index in [2.05, 4.69) is 4.72 Å². The van der Waals surface area contributed by atoms with Crippen molar-refractivity contribution in [3.8, 4) is 5.75 Å². The van der Waals surface area contributed by atoms with E-state index in [9.17, 15) is 13.5 Å². The molecular formula is C15H24N2O5S. The van der Waals surface area contributed by atoms with Gasteiger partial charge in [0.2, 0.25) is 10.0 Å². The molecule has 3 atom stereocenters. The maximum Gasteiger partial charge on any atom is 0.241 e. The standard InChI is InChI=1S/C15H24N2O5S/c1-21-12-3-2-4-13(9-12)23(19,20)17-14-6-5-11(7-8-16)22-15(14)10-18/h2-4,9,11,14-15,17-18H,5-8,10,16H2,1H3/t11-,14+,15+/m0/s1. The number of ether oxygens (including phenoxy) is 2. The van der Waals surface area contributed by atoms with Crippen LogP contribution in [0.15, 0.2) is 29.2 Å². The molecule has 0 saturated carbocycles. The molecule has 0 spiro atoms. The second kappa shape index (κ2) is 8.07. The van der Waals surface area contributed by atoms with Crippen molar-refractivity contribution < 1.29 is 23.0 Å². The molecule has 1 fully saturated rings.